The second kappa shape index (κ2) is 6.76. The van der Waals surface area contributed by atoms with Crippen molar-refractivity contribution in [3.05, 3.63) is 47.0 Å². The summed E-state index contributed by atoms with van der Waals surface area (Å²) < 4.78 is 15.5. The highest BCUT2D eigenvalue weighted by atomic mass is 19.1. The molecule has 1 aromatic carbocycles. The lowest BCUT2D eigenvalue weighted by molar-refractivity contribution is -0.115. The summed E-state index contributed by atoms with van der Waals surface area (Å²) in [6.45, 7) is 14.3. The number of amides is 1. The van der Waals surface area contributed by atoms with E-state index in [9.17, 15) is 9.18 Å². The van der Waals surface area contributed by atoms with E-state index < -0.39 is 0 Å². The van der Waals surface area contributed by atoms with Gasteiger partial charge in [0.2, 0.25) is 5.91 Å². The number of halogens is 1. The van der Waals surface area contributed by atoms with Crippen LogP contribution >= 0.6 is 0 Å². The molecular formula is C22H29FN4O. The zero-order chi connectivity index (χ0) is 20.9. The summed E-state index contributed by atoms with van der Waals surface area (Å²) in [6, 6.07) is 6.52. The maximum atomic E-state index is 13.7. The van der Waals surface area contributed by atoms with E-state index >= 15 is 0 Å². The first kappa shape index (κ1) is 20.1. The van der Waals surface area contributed by atoms with Crippen molar-refractivity contribution >= 4 is 22.6 Å². The molecule has 0 unspecified atom stereocenters. The first-order valence-corrected chi connectivity index (χ1v) is 9.54. The molecule has 2 N–H and O–H groups in total. The van der Waals surface area contributed by atoms with Crippen LogP contribution in [-0.2, 0) is 22.2 Å². The molecule has 5 nitrogen and oxygen atoms in total. The van der Waals surface area contributed by atoms with Gasteiger partial charge in [-0.1, -0.05) is 20.8 Å². The first-order chi connectivity index (χ1) is 12.9. The number of fused-ring (bicyclic) bond motifs is 1. The molecule has 2 heterocycles. The first-order valence-electron chi connectivity index (χ1n) is 9.54. The number of carbonyl (C=O) groups excluding carboxylic acids is 1. The predicted molar refractivity (Wildman–Crippen MR) is 111 cm³/mol. The number of aromatic nitrogens is 3. The summed E-state index contributed by atoms with van der Waals surface area (Å²) in [4.78, 5) is 16.1. The zero-order valence-corrected chi connectivity index (χ0v) is 17.7. The Kier molecular flexibility index (Phi) is 4.86. The third-order valence-corrected chi connectivity index (χ3v) is 4.80. The van der Waals surface area contributed by atoms with Gasteiger partial charge in [-0.3, -0.25) is 4.79 Å². The Morgan fingerprint density at radius 3 is 2.46 bits per heavy atom. The number of carbonyl (C=O) groups is 1. The molecule has 0 aliphatic heterocycles. The zero-order valence-electron chi connectivity index (χ0n) is 17.7. The second-order valence-electron chi connectivity index (χ2n) is 9.39. The Morgan fingerprint density at radius 2 is 1.86 bits per heavy atom. The Hall–Kier alpha value is -2.63. The number of rotatable bonds is 3. The molecule has 0 aliphatic rings. The molecule has 28 heavy (non-hydrogen) atoms. The van der Waals surface area contributed by atoms with Crippen molar-refractivity contribution in [1.29, 1.82) is 0 Å². The lowest BCUT2D eigenvalue weighted by Gasteiger charge is -2.23. The lowest BCUT2D eigenvalue weighted by atomic mass is 9.92. The number of nitrogens with one attached hydrogen (secondary N) is 2. The average Bonchev–Trinajstić information content (AvgIpc) is 3.09. The van der Waals surface area contributed by atoms with Crippen molar-refractivity contribution in [2.24, 2.45) is 0 Å². The van der Waals surface area contributed by atoms with E-state index in [0.717, 1.165) is 27.9 Å². The van der Waals surface area contributed by atoms with E-state index in [4.69, 9.17) is 5.10 Å². The quantitative estimate of drug-likeness (QED) is 0.664. The van der Waals surface area contributed by atoms with Gasteiger partial charge in [0.15, 0.2) is 0 Å². The van der Waals surface area contributed by atoms with Gasteiger partial charge in [-0.05, 0) is 51.5 Å². The maximum absolute atomic E-state index is 13.7. The van der Waals surface area contributed by atoms with E-state index in [1.807, 2.05) is 17.7 Å². The number of nitrogens with zero attached hydrogens (tertiary/aromatic N) is 2. The van der Waals surface area contributed by atoms with Crippen LogP contribution in [0.25, 0.3) is 10.9 Å². The van der Waals surface area contributed by atoms with Crippen molar-refractivity contribution in [2.75, 3.05) is 5.32 Å². The molecule has 1 amide bonds. The molecule has 2 aromatic heterocycles. The van der Waals surface area contributed by atoms with Crippen LogP contribution in [0.5, 0.6) is 0 Å². The Labute approximate surface area is 165 Å². The molecular weight excluding hydrogens is 355 g/mol. The van der Waals surface area contributed by atoms with Crippen LogP contribution in [0, 0.1) is 12.7 Å². The summed E-state index contributed by atoms with van der Waals surface area (Å²) >= 11 is 0. The van der Waals surface area contributed by atoms with Crippen molar-refractivity contribution in [2.45, 2.75) is 65.8 Å². The molecule has 0 bridgehead atoms. The minimum Gasteiger partial charge on any atom is -0.358 e. The van der Waals surface area contributed by atoms with E-state index in [0.29, 0.717) is 5.82 Å². The molecule has 0 aliphatic carbocycles. The second-order valence-corrected chi connectivity index (χ2v) is 9.39. The van der Waals surface area contributed by atoms with Crippen molar-refractivity contribution in [3.63, 3.8) is 0 Å². The Balaban J connectivity index is 1.91. The van der Waals surface area contributed by atoms with Crippen molar-refractivity contribution in [1.82, 2.24) is 14.8 Å². The SMILES string of the molecule is Cc1[nH]c2ccc(F)cc2c1CC(=O)Nc1cc(C(C)(C)C)nn1C(C)(C)C. The minimum atomic E-state index is -0.311. The molecule has 0 spiro atoms. The summed E-state index contributed by atoms with van der Waals surface area (Å²) in [5.41, 5.74) is 3.03. The van der Waals surface area contributed by atoms with Crippen LogP contribution in [0.2, 0.25) is 0 Å². The van der Waals surface area contributed by atoms with Gasteiger partial charge in [0.1, 0.15) is 11.6 Å². The van der Waals surface area contributed by atoms with Gasteiger partial charge in [-0.25, -0.2) is 9.07 Å². The molecule has 0 saturated heterocycles. The van der Waals surface area contributed by atoms with Crippen LogP contribution in [-0.4, -0.2) is 20.7 Å². The van der Waals surface area contributed by atoms with Crippen LogP contribution in [0.1, 0.15) is 58.5 Å². The van der Waals surface area contributed by atoms with Gasteiger partial charge in [0.05, 0.1) is 17.7 Å². The summed E-state index contributed by atoms with van der Waals surface area (Å²) in [5.74, 6) is 0.207. The highest BCUT2D eigenvalue weighted by molar-refractivity contribution is 5.96. The lowest BCUT2D eigenvalue weighted by Crippen LogP contribution is -2.27. The average molecular weight is 384 g/mol. The third kappa shape index (κ3) is 3.96. The highest BCUT2D eigenvalue weighted by Gasteiger charge is 2.26. The van der Waals surface area contributed by atoms with Gasteiger partial charge in [-0.15, -0.1) is 0 Å². The van der Waals surface area contributed by atoms with Crippen molar-refractivity contribution in [3.8, 4) is 0 Å². The van der Waals surface area contributed by atoms with Gasteiger partial charge >= 0.3 is 0 Å². The number of hydrogen-bond donors (Lipinski definition) is 2. The molecule has 0 fully saturated rings. The molecule has 6 heteroatoms. The predicted octanol–water partition coefficient (Wildman–Crippen LogP) is 5.05. The summed E-state index contributed by atoms with van der Waals surface area (Å²) in [6.07, 6.45) is 0.162. The number of anilines is 1. The maximum Gasteiger partial charge on any atom is 0.230 e. The van der Waals surface area contributed by atoms with Gasteiger partial charge < -0.3 is 10.3 Å². The third-order valence-electron chi connectivity index (χ3n) is 4.80. The number of H-pyrrole nitrogens is 1. The monoisotopic (exact) mass is 384 g/mol. The topological polar surface area (TPSA) is 62.7 Å². The Morgan fingerprint density at radius 1 is 1.18 bits per heavy atom. The van der Waals surface area contributed by atoms with E-state index in [1.54, 1.807) is 6.07 Å². The summed E-state index contributed by atoms with van der Waals surface area (Å²) in [7, 11) is 0. The fourth-order valence-electron chi connectivity index (χ4n) is 3.28. The standard InChI is InChI=1S/C22H29FN4O/c1-13-15(16-10-14(23)8-9-17(16)24-13)11-20(28)25-19-12-18(21(2,3)4)26-27(19)22(5,6)7/h8-10,12,24H,11H2,1-7H3,(H,25,28). The number of benzene rings is 1. The highest BCUT2D eigenvalue weighted by Crippen LogP contribution is 2.29. The smallest absolute Gasteiger partial charge is 0.230 e. The van der Waals surface area contributed by atoms with Crippen LogP contribution < -0.4 is 5.32 Å². The minimum absolute atomic E-state index is 0.124. The molecule has 0 radical (unpaired) electrons. The largest absolute Gasteiger partial charge is 0.358 e. The van der Waals surface area contributed by atoms with Crippen molar-refractivity contribution < 1.29 is 9.18 Å². The van der Waals surface area contributed by atoms with E-state index in [1.165, 1.54) is 12.1 Å². The van der Waals surface area contributed by atoms with Gasteiger partial charge in [0.25, 0.3) is 0 Å². The normalized spacial score (nSPS) is 12.6. The van der Waals surface area contributed by atoms with E-state index in [-0.39, 0.29) is 29.1 Å². The van der Waals surface area contributed by atoms with Gasteiger partial charge in [-0.2, -0.15) is 5.10 Å². The number of hydrogen-bond acceptors (Lipinski definition) is 2. The van der Waals surface area contributed by atoms with Crippen LogP contribution in [0.15, 0.2) is 24.3 Å². The molecule has 3 aromatic rings. The number of aromatic amines is 1. The number of aryl methyl sites for hydroxylation is 1. The van der Waals surface area contributed by atoms with E-state index in [2.05, 4.69) is 51.8 Å². The Bertz CT molecular complexity index is 1030. The molecule has 0 atom stereocenters. The fourth-order valence-corrected chi connectivity index (χ4v) is 3.28. The fraction of sp³-hybridized carbons (Fsp3) is 0.455. The summed E-state index contributed by atoms with van der Waals surface area (Å²) in [5, 5.41) is 8.48. The van der Waals surface area contributed by atoms with Crippen LogP contribution in [0.4, 0.5) is 10.2 Å². The van der Waals surface area contributed by atoms with Gasteiger partial charge in [0, 0.05) is 28.1 Å². The molecule has 150 valence electrons. The molecule has 0 saturated carbocycles. The molecule has 3 rings (SSSR count). The van der Waals surface area contributed by atoms with Crippen LogP contribution in [0.3, 0.4) is 0 Å².